The molecule has 2 heterocycles. The van der Waals surface area contributed by atoms with E-state index in [0.717, 1.165) is 31.7 Å². The number of thiazole rings is 1. The van der Waals surface area contributed by atoms with Crippen LogP contribution >= 0.6 is 11.3 Å². The first-order chi connectivity index (χ1) is 15.9. The van der Waals surface area contributed by atoms with Crippen LogP contribution in [-0.2, 0) is 4.79 Å². The molecular weight excluding hydrogens is 438 g/mol. The Morgan fingerprint density at radius 3 is 2.09 bits per heavy atom. The van der Waals surface area contributed by atoms with Gasteiger partial charge in [-0.1, -0.05) is 12.1 Å². The third kappa shape index (κ3) is 5.63. The molecule has 0 aliphatic carbocycles. The number of nitrogens with zero attached hydrogens (tertiary/aromatic N) is 3. The fraction of sp³-hybridized carbons (Fsp3) is 0.250. The first-order valence-corrected chi connectivity index (χ1v) is 11.5. The number of piperazine rings is 1. The number of likely N-dealkylation sites (N-methyl/N-ethyl adjacent to an activating group) is 1. The van der Waals surface area contributed by atoms with Crippen molar-refractivity contribution in [3.05, 3.63) is 65.2 Å². The van der Waals surface area contributed by atoms with Gasteiger partial charge in [0.25, 0.3) is 11.8 Å². The van der Waals surface area contributed by atoms with Crippen molar-refractivity contribution in [2.24, 2.45) is 0 Å². The second-order valence-corrected chi connectivity index (χ2v) is 8.78. The summed E-state index contributed by atoms with van der Waals surface area (Å²) in [5, 5.41) is 7.90. The molecule has 2 N–H and O–H groups in total. The monoisotopic (exact) mass is 463 g/mol. The summed E-state index contributed by atoms with van der Waals surface area (Å²) in [6.07, 6.45) is 0. The fourth-order valence-corrected chi connectivity index (χ4v) is 4.30. The molecule has 1 aliphatic heterocycles. The van der Waals surface area contributed by atoms with E-state index in [-0.39, 0.29) is 17.7 Å². The highest BCUT2D eigenvalue weighted by molar-refractivity contribution is 7.13. The average Bonchev–Trinajstić information content (AvgIpc) is 3.31. The van der Waals surface area contributed by atoms with E-state index in [2.05, 4.69) is 27.6 Å². The average molecular weight is 464 g/mol. The topological polar surface area (TPSA) is 94.6 Å². The highest BCUT2D eigenvalue weighted by Gasteiger charge is 2.20. The standard InChI is InChI=1S/C24H25N5O3S/c1-16(30)25-19-7-9-20(10-8-19)26-22(31)21-15-33-23(27-21)17-3-5-18(6-4-17)24(32)29-13-11-28(2)12-14-29/h3-10,15H,11-14H2,1-2H3,(H,25,30)(H,26,31). The van der Waals surface area contributed by atoms with Crippen LogP contribution in [0.25, 0.3) is 10.6 Å². The van der Waals surface area contributed by atoms with Gasteiger partial charge >= 0.3 is 0 Å². The van der Waals surface area contributed by atoms with E-state index >= 15 is 0 Å². The number of aromatic nitrogens is 1. The molecule has 3 aromatic rings. The Kier molecular flexibility index (Phi) is 6.81. The quantitative estimate of drug-likeness (QED) is 0.605. The molecule has 0 unspecified atom stereocenters. The number of hydrogen-bond donors (Lipinski definition) is 2. The lowest BCUT2D eigenvalue weighted by Crippen LogP contribution is -2.47. The van der Waals surface area contributed by atoms with Gasteiger partial charge in [0.15, 0.2) is 0 Å². The fourth-order valence-electron chi connectivity index (χ4n) is 3.49. The van der Waals surface area contributed by atoms with Crippen molar-refractivity contribution in [3.8, 4) is 10.6 Å². The number of nitrogens with one attached hydrogen (secondary N) is 2. The van der Waals surface area contributed by atoms with Crippen molar-refractivity contribution in [1.82, 2.24) is 14.8 Å². The van der Waals surface area contributed by atoms with E-state index < -0.39 is 0 Å². The van der Waals surface area contributed by atoms with E-state index in [4.69, 9.17) is 0 Å². The third-order valence-corrected chi connectivity index (χ3v) is 6.26. The highest BCUT2D eigenvalue weighted by Crippen LogP contribution is 2.25. The number of anilines is 2. The van der Waals surface area contributed by atoms with Crippen molar-refractivity contribution in [1.29, 1.82) is 0 Å². The molecule has 8 nitrogen and oxygen atoms in total. The Morgan fingerprint density at radius 2 is 1.48 bits per heavy atom. The van der Waals surface area contributed by atoms with Gasteiger partial charge in [0.2, 0.25) is 5.91 Å². The molecule has 33 heavy (non-hydrogen) atoms. The van der Waals surface area contributed by atoms with E-state index in [1.165, 1.54) is 18.3 Å². The molecule has 170 valence electrons. The van der Waals surface area contributed by atoms with Crippen molar-refractivity contribution in [2.45, 2.75) is 6.92 Å². The molecule has 0 atom stereocenters. The van der Waals surface area contributed by atoms with Crippen LogP contribution in [0.5, 0.6) is 0 Å². The van der Waals surface area contributed by atoms with Crippen LogP contribution in [0.1, 0.15) is 27.8 Å². The molecule has 2 aromatic carbocycles. The maximum atomic E-state index is 12.7. The van der Waals surface area contributed by atoms with Gasteiger partial charge in [-0.05, 0) is 43.4 Å². The molecule has 9 heteroatoms. The van der Waals surface area contributed by atoms with E-state index in [9.17, 15) is 14.4 Å². The minimum Gasteiger partial charge on any atom is -0.336 e. The van der Waals surface area contributed by atoms with Crippen LogP contribution in [0, 0.1) is 0 Å². The van der Waals surface area contributed by atoms with Gasteiger partial charge in [-0.25, -0.2) is 4.98 Å². The lowest BCUT2D eigenvalue weighted by molar-refractivity contribution is -0.114. The predicted molar refractivity (Wildman–Crippen MR) is 130 cm³/mol. The van der Waals surface area contributed by atoms with Gasteiger partial charge in [0.1, 0.15) is 10.7 Å². The number of carbonyl (C=O) groups is 3. The van der Waals surface area contributed by atoms with Gasteiger partial charge in [-0.2, -0.15) is 0 Å². The third-order valence-electron chi connectivity index (χ3n) is 5.37. The molecule has 0 spiro atoms. The number of carbonyl (C=O) groups excluding carboxylic acids is 3. The summed E-state index contributed by atoms with van der Waals surface area (Å²) in [5.41, 5.74) is 3.09. The zero-order valence-corrected chi connectivity index (χ0v) is 19.3. The van der Waals surface area contributed by atoms with Crippen molar-refractivity contribution in [2.75, 3.05) is 43.9 Å². The molecular formula is C24H25N5O3S. The lowest BCUT2D eigenvalue weighted by Gasteiger charge is -2.32. The maximum absolute atomic E-state index is 12.7. The summed E-state index contributed by atoms with van der Waals surface area (Å²) in [6.45, 7) is 4.67. The van der Waals surface area contributed by atoms with Gasteiger partial charge in [0, 0.05) is 61.0 Å². The zero-order valence-electron chi connectivity index (χ0n) is 18.5. The summed E-state index contributed by atoms with van der Waals surface area (Å²) in [6, 6.07) is 14.2. The van der Waals surface area contributed by atoms with E-state index in [1.54, 1.807) is 29.6 Å². The summed E-state index contributed by atoms with van der Waals surface area (Å²) in [4.78, 5) is 44.9. The first kappa shape index (κ1) is 22.6. The largest absolute Gasteiger partial charge is 0.336 e. The number of hydrogen-bond acceptors (Lipinski definition) is 6. The van der Waals surface area contributed by atoms with E-state index in [0.29, 0.717) is 27.6 Å². The Morgan fingerprint density at radius 1 is 0.879 bits per heavy atom. The van der Waals surface area contributed by atoms with Crippen LogP contribution in [0.2, 0.25) is 0 Å². The Labute approximate surface area is 196 Å². The Balaban J connectivity index is 1.39. The van der Waals surface area contributed by atoms with Crippen LogP contribution in [0.3, 0.4) is 0 Å². The Bertz CT molecular complexity index is 1150. The second-order valence-electron chi connectivity index (χ2n) is 7.92. The molecule has 1 aromatic heterocycles. The SMILES string of the molecule is CC(=O)Nc1ccc(NC(=O)c2csc(-c3ccc(C(=O)N4CCN(C)CC4)cc3)n2)cc1. The summed E-state index contributed by atoms with van der Waals surface area (Å²) in [7, 11) is 2.06. The van der Waals surface area contributed by atoms with Gasteiger partial charge < -0.3 is 20.4 Å². The van der Waals surface area contributed by atoms with Crippen molar-refractivity contribution >= 4 is 40.4 Å². The lowest BCUT2D eigenvalue weighted by atomic mass is 10.1. The highest BCUT2D eigenvalue weighted by atomic mass is 32.1. The molecule has 0 saturated carbocycles. The predicted octanol–water partition coefficient (Wildman–Crippen LogP) is 3.41. The van der Waals surface area contributed by atoms with Crippen LogP contribution < -0.4 is 10.6 Å². The smallest absolute Gasteiger partial charge is 0.275 e. The molecule has 0 bridgehead atoms. The molecule has 0 radical (unpaired) electrons. The molecule has 1 aliphatic rings. The zero-order chi connectivity index (χ0) is 23.4. The first-order valence-electron chi connectivity index (χ1n) is 10.6. The van der Waals surface area contributed by atoms with Crippen LogP contribution in [-0.4, -0.2) is 65.7 Å². The number of benzene rings is 2. The molecule has 4 rings (SSSR count). The number of amides is 3. The molecule has 1 fully saturated rings. The second kappa shape index (κ2) is 9.93. The van der Waals surface area contributed by atoms with Gasteiger partial charge in [-0.3, -0.25) is 14.4 Å². The number of rotatable bonds is 5. The minimum atomic E-state index is -0.313. The normalized spacial score (nSPS) is 14.1. The van der Waals surface area contributed by atoms with Crippen LogP contribution in [0.4, 0.5) is 11.4 Å². The minimum absolute atomic E-state index is 0.0402. The van der Waals surface area contributed by atoms with E-state index in [1.807, 2.05) is 29.2 Å². The van der Waals surface area contributed by atoms with Crippen molar-refractivity contribution < 1.29 is 14.4 Å². The summed E-state index contributed by atoms with van der Waals surface area (Å²) < 4.78 is 0. The maximum Gasteiger partial charge on any atom is 0.275 e. The van der Waals surface area contributed by atoms with Crippen molar-refractivity contribution in [3.63, 3.8) is 0 Å². The van der Waals surface area contributed by atoms with Gasteiger partial charge in [0.05, 0.1) is 0 Å². The Hall–Kier alpha value is -3.56. The summed E-state index contributed by atoms with van der Waals surface area (Å²) >= 11 is 1.37. The van der Waals surface area contributed by atoms with Gasteiger partial charge in [-0.15, -0.1) is 11.3 Å². The molecule has 3 amide bonds. The van der Waals surface area contributed by atoms with Crippen LogP contribution in [0.15, 0.2) is 53.9 Å². The molecule has 1 saturated heterocycles. The summed E-state index contributed by atoms with van der Waals surface area (Å²) in [5.74, 6) is -0.427.